The summed E-state index contributed by atoms with van der Waals surface area (Å²) in [5.41, 5.74) is 0.00681. The Morgan fingerprint density at radius 2 is 2.07 bits per heavy atom. The Bertz CT molecular complexity index is 864. The fraction of sp³-hybridized carbons (Fsp3) is 0.350. The van der Waals surface area contributed by atoms with Crippen LogP contribution in [-0.4, -0.2) is 36.0 Å². The molecule has 0 spiro atoms. The zero-order chi connectivity index (χ0) is 20.7. The van der Waals surface area contributed by atoms with Crippen LogP contribution in [0.15, 0.2) is 47.4 Å². The molecule has 28 heavy (non-hydrogen) atoms. The first-order valence-corrected chi connectivity index (χ1v) is 9.89. The number of nitro groups is 1. The van der Waals surface area contributed by atoms with E-state index < -0.39 is 21.8 Å². The molecule has 0 fully saturated rings. The maximum Gasteiger partial charge on any atom is 0.270 e. The lowest BCUT2D eigenvalue weighted by Gasteiger charge is -2.27. The van der Waals surface area contributed by atoms with E-state index in [1.54, 1.807) is 0 Å². The van der Waals surface area contributed by atoms with Gasteiger partial charge in [-0.05, 0) is 29.3 Å². The monoisotopic (exact) mass is 401 g/mol. The molecule has 0 saturated heterocycles. The van der Waals surface area contributed by atoms with Gasteiger partial charge in [0.2, 0.25) is 0 Å². The Labute approximate surface area is 168 Å². The van der Waals surface area contributed by atoms with Crippen LogP contribution in [0, 0.1) is 15.9 Å². The van der Waals surface area contributed by atoms with E-state index in [1.807, 2.05) is 6.92 Å². The van der Waals surface area contributed by atoms with E-state index in [1.165, 1.54) is 48.2 Å². The number of halogens is 1. The molecular weight excluding hydrogens is 380 g/mol. The number of carbonyl (C=O) groups is 1. The second-order valence-corrected chi connectivity index (χ2v) is 7.71. The lowest BCUT2D eigenvalue weighted by Crippen LogP contribution is -2.21. The fourth-order valence-corrected chi connectivity index (χ4v) is 3.82. The molecule has 2 rings (SSSR count). The summed E-state index contributed by atoms with van der Waals surface area (Å²) in [6.07, 6.45) is 2.43. The van der Waals surface area contributed by atoms with Crippen LogP contribution in [0.25, 0.3) is 0 Å². The molecule has 1 N–H and O–H groups in total. The Balaban J connectivity index is 2.30. The minimum absolute atomic E-state index is 0.105. The zero-order valence-corrected chi connectivity index (χ0v) is 16.4. The number of aliphatic hydroxyl groups is 1. The van der Waals surface area contributed by atoms with Gasteiger partial charge in [0.1, 0.15) is 5.82 Å². The maximum absolute atomic E-state index is 13.8. The summed E-state index contributed by atoms with van der Waals surface area (Å²) in [6, 6.07) is 9.18. The van der Waals surface area contributed by atoms with Crippen molar-refractivity contribution in [3.63, 3.8) is 0 Å². The molecule has 0 amide bonds. The van der Waals surface area contributed by atoms with Gasteiger partial charge in [-0.1, -0.05) is 38.3 Å². The molecule has 146 valence electrons. The third kappa shape index (κ3) is 5.66. The van der Waals surface area contributed by atoms with Crippen LogP contribution in [0.3, 0.4) is 0 Å². The van der Waals surface area contributed by atoms with Crippen LogP contribution >= 0.6 is 11.8 Å². The van der Waals surface area contributed by atoms with Gasteiger partial charge >= 0.3 is 0 Å². The smallest absolute Gasteiger partial charge is 0.270 e. The van der Waals surface area contributed by atoms with Crippen molar-refractivity contribution in [2.24, 2.45) is 0 Å². The molecule has 0 unspecified atom stereocenters. The SMILES string of the molecule is [B][C@@](CO)(CCCC)CSc1ccc(F)cc1C(=O)c1cccc([N+](=O)[O-])c1. The number of benzene rings is 2. The van der Waals surface area contributed by atoms with Crippen molar-refractivity contribution in [2.75, 3.05) is 12.4 Å². The molecule has 0 aliphatic heterocycles. The predicted octanol–water partition coefficient (Wildman–Crippen LogP) is 4.57. The van der Waals surface area contributed by atoms with Crippen LogP contribution in [0.4, 0.5) is 10.1 Å². The molecule has 1 atom stereocenters. The summed E-state index contributed by atoms with van der Waals surface area (Å²) < 4.78 is 13.8. The molecule has 0 heterocycles. The Kier molecular flexibility index (Phi) is 7.77. The highest BCUT2D eigenvalue weighted by Gasteiger charge is 2.24. The molecule has 0 aliphatic carbocycles. The summed E-state index contributed by atoms with van der Waals surface area (Å²) in [6.45, 7) is 1.83. The second-order valence-electron chi connectivity index (χ2n) is 6.69. The van der Waals surface area contributed by atoms with E-state index in [-0.39, 0.29) is 23.4 Å². The van der Waals surface area contributed by atoms with Gasteiger partial charge in [-0.25, -0.2) is 4.39 Å². The normalized spacial score (nSPS) is 13.1. The topological polar surface area (TPSA) is 80.4 Å². The number of non-ortho nitro benzene ring substituents is 1. The van der Waals surface area contributed by atoms with Gasteiger partial charge < -0.3 is 5.11 Å². The van der Waals surface area contributed by atoms with Crippen molar-refractivity contribution in [2.45, 2.75) is 36.4 Å². The van der Waals surface area contributed by atoms with Gasteiger partial charge in [0.05, 0.1) is 12.8 Å². The first-order valence-electron chi connectivity index (χ1n) is 8.91. The van der Waals surface area contributed by atoms with Crippen molar-refractivity contribution in [3.05, 3.63) is 69.5 Å². The highest BCUT2D eigenvalue weighted by atomic mass is 32.2. The summed E-state index contributed by atoms with van der Waals surface area (Å²) in [5.74, 6) is -0.735. The fourth-order valence-electron chi connectivity index (χ4n) is 2.67. The lowest BCUT2D eigenvalue weighted by atomic mass is 9.68. The number of unbranched alkanes of at least 4 members (excludes halogenated alkanes) is 1. The number of hydrogen-bond acceptors (Lipinski definition) is 5. The van der Waals surface area contributed by atoms with Gasteiger partial charge in [0.25, 0.3) is 5.69 Å². The minimum Gasteiger partial charge on any atom is -0.397 e. The van der Waals surface area contributed by atoms with Crippen molar-refractivity contribution in [3.8, 4) is 0 Å². The van der Waals surface area contributed by atoms with E-state index in [9.17, 15) is 24.4 Å². The molecule has 0 saturated carbocycles. The van der Waals surface area contributed by atoms with Gasteiger partial charge in [-0.15, -0.1) is 11.8 Å². The highest BCUT2D eigenvalue weighted by Crippen LogP contribution is 2.37. The molecule has 0 bridgehead atoms. The first-order chi connectivity index (χ1) is 13.3. The molecule has 8 heteroatoms. The standard InChI is InChI=1S/C20H21BFNO4S/c1-2-3-9-20(21,12-24)13-28-18-8-7-15(22)11-17(18)19(25)14-5-4-6-16(10-14)23(26)27/h4-8,10-11,24H,2-3,9,12-13H2,1H3/t20-/m1/s1. The van der Waals surface area contributed by atoms with Gasteiger partial charge in [-0.3, -0.25) is 14.9 Å². The average Bonchev–Trinajstić information content (AvgIpc) is 2.70. The lowest BCUT2D eigenvalue weighted by molar-refractivity contribution is -0.384. The minimum atomic E-state index is -0.805. The van der Waals surface area contributed by atoms with Crippen molar-refractivity contribution < 1.29 is 19.2 Å². The number of nitrogens with zero attached hydrogens (tertiary/aromatic N) is 1. The average molecular weight is 401 g/mol. The third-order valence-corrected chi connectivity index (χ3v) is 5.75. The van der Waals surface area contributed by atoms with E-state index in [4.69, 9.17) is 7.85 Å². The molecule has 2 radical (unpaired) electrons. The molecule has 0 aromatic heterocycles. The largest absolute Gasteiger partial charge is 0.397 e. The molecule has 2 aromatic carbocycles. The summed E-state index contributed by atoms with van der Waals surface area (Å²) in [5, 5.41) is 19.8. The quantitative estimate of drug-likeness (QED) is 0.207. The highest BCUT2D eigenvalue weighted by molar-refractivity contribution is 7.99. The van der Waals surface area contributed by atoms with Crippen molar-refractivity contribution in [1.29, 1.82) is 0 Å². The summed E-state index contributed by atoms with van der Waals surface area (Å²) >= 11 is 1.26. The Morgan fingerprint density at radius 1 is 1.32 bits per heavy atom. The van der Waals surface area contributed by atoms with Crippen LogP contribution in [0.5, 0.6) is 0 Å². The predicted molar refractivity (Wildman–Crippen MR) is 109 cm³/mol. The van der Waals surface area contributed by atoms with Gasteiger partial charge in [0, 0.05) is 34.8 Å². The summed E-state index contributed by atoms with van der Waals surface area (Å²) in [4.78, 5) is 23.8. The zero-order valence-electron chi connectivity index (χ0n) is 15.6. The van der Waals surface area contributed by atoms with Gasteiger partial charge in [-0.2, -0.15) is 0 Å². The number of aliphatic hydroxyl groups excluding tert-OH is 1. The van der Waals surface area contributed by atoms with Crippen LogP contribution in [0.2, 0.25) is 5.31 Å². The number of hydrogen-bond donors (Lipinski definition) is 1. The third-order valence-electron chi connectivity index (χ3n) is 4.36. The van der Waals surface area contributed by atoms with Crippen molar-refractivity contribution in [1.82, 2.24) is 0 Å². The van der Waals surface area contributed by atoms with E-state index in [0.29, 0.717) is 17.1 Å². The van der Waals surface area contributed by atoms with E-state index in [0.717, 1.165) is 18.9 Å². The van der Waals surface area contributed by atoms with E-state index >= 15 is 0 Å². The number of rotatable bonds is 10. The second kappa shape index (κ2) is 9.84. The van der Waals surface area contributed by atoms with Crippen molar-refractivity contribution >= 4 is 31.1 Å². The van der Waals surface area contributed by atoms with Gasteiger partial charge in [0.15, 0.2) is 5.78 Å². The molecular formula is C20H21BFNO4S. The van der Waals surface area contributed by atoms with E-state index in [2.05, 4.69) is 0 Å². The summed E-state index contributed by atoms with van der Waals surface area (Å²) in [7, 11) is 6.25. The van der Waals surface area contributed by atoms with Crippen LogP contribution < -0.4 is 0 Å². The number of ketones is 1. The maximum atomic E-state index is 13.8. The molecule has 5 nitrogen and oxygen atoms in total. The Hall–Kier alpha value is -2.19. The van der Waals surface area contributed by atoms with Crippen LogP contribution in [0.1, 0.15) is 42.1 Å². The Morgan fingerprint density at radius 3 is 2.71 bits per heavy atom. The molecule has 2 aromatic rings. The van der Waals surface area contributed by atoms with Crippen LogP contribution in [-0.2, 0) is 0 Å². The number of carbonyl (C=O) groups excluding carboxylic acids is 1. The first kappa shape index (κ1) is 22.1. The molecule has 0 aliphatic rings. The number of nitro benzene ring substituents is 1. The number of thioether (sulfide) groups is 1.